The van der Waals surface area contributed by atoms with Gasteiger partial charge in [-0.05, 0) is 11.1 Å². The van der Waals surface area contributed by atoms with E-state index >= 15 is 0 Å². The SMILES string of the molecule is Nc1ncnc2c1ncn2[C@@H]1O[C@H](/C=C/Br)C[C@H]1O. The maximum atomic E-state index is 10.1. The largest absolute Gasteiger partial charge is 0.388 e. The van der Waals surface area contributed by atoms with E-state index in [0.717, 1.165) is 0 Å². The molecule has 0 amide bonds. The van der Waals surface area contributed by atoms with Crippen LogP contribution in [0.15, 0.2) is 23.7 Å². The minimum absolute atomic E-state index is 0.143. The van der Waals surface area contributed by atoms with Crippen LogP contribution in [0.25, 0.3) is 11.2 Å². The van der Waals surface area contributed by atoms with Gasteiger partial charge in [-0.3, -0.25) is 4.57 Å². The lowest BCUT2D eigenvalue weighted by molar-refractivity contribution is -0.0227. The number of nitrogens with two attached hydrogens (primary N) is 1. The van der Waals surface area contributed by atoms with Crippen molar-refractivity contribution in [2.75, 3.05) is 5.73 Å². The lowest BCUT2D eigenvalue weighted by atomic mass is 10.2. The number of aromatic nitrogens is 4. The molecule has 8 heteroatoms. The molecular weight excluding hydrogens is 314 g/mol. The summed E-state index contributed by atoms with van der Waals surface area (Å²) < 4.78 is 7.44. The first-order valence-corrected chi connectivity index (χ1v) is 6.65. The number of nitrogen functional groups attached to an aromatic ring is 1. The number of ether oxygens (including phenoxy) is 1. The third-order valence-electron chi connectivity index (χ3n) is 3.07. The highest BCUT2D eigenvalue weighted by Crippen LogP contribution is 2.32. The van der Waals surface area contributed by atoms with Crippen LogP contribution in [0.3, 0.4) is 0 Å². The van der Waals surface area contributed by atoms with Crippen LogP contribution < -0.4 is 5.73 Å². The first-order valence-electron chi connectivity index (χ1n) is 5.74. The van der Waals surface area contributed by atoms with E-state index in [1.165, 1.54) is 6.33 Å². The van der Waals surface area contributed by atoms with Gasteiger partial charge in [-0.1, -0.05) is 15.9 Å². The van der Waals surface area contributed by atoms with Crippen LogP contribution in [0.4, 0.5) is 5.82 Å². The zero-order valence-electron chi connectivity index (χ0n) is 9.85. The van der Waals surface area contributed by atoms with Crippen LogP contribution in [0.1, 0.15) is 12.6 Å². The topological polar surface area (TPSA) is 99.1 Å². The van der Waals surface area contributed by atoms with Gasteiger partial charge < -0.3 is 15.6 Å². The van der Waals surface area contributed by atoms with Crippen molar-refractivity contribution < 1.29 is 9.84 Å². The van der Waals surface area contributed by atoms with E-state index in [1.54, 1.807) is 15.9 Å². The van der Waals surface area contributed by atoms with E-state index in [4.69, 9.17) is 10.5 Å². The molecule has 3 heterocycles. The molecule has 7 nitrogen and oxygen atoms in total. The number of anilines is 1. The van der Waals surface area contributed by atoms with Gasteiger partial charge in [-0.15, -0.1) is 0 Å². The normalized spacial score (nSPS) is 27.6. The van der Waals surface area contributed by atoms with Crippen molar-refractivity contribution in [2.24, 2.45) is 0 Å². The Hall–Kier alpha value is -1.51. The highest BCUT2D eigenvalue weighted by molar-refractivity contribution is 9.11. The van der Waals surface area contributed by atoms with Crippen LogP contribution in [-0.2, 0) is 4.74 Å². The Kier molecular flexibility index (Phi) is 3.21. The Balaban J connectivity index is 1.99. The van der Waals surface area contributed by atoms with E-state index in [1.807, 2.05) is 6.08 Å². The molecule has 2 aromatic heterocycles. The number of hydrogen-bond donors (Lipinski definition) is 2. The highest BCUT2D eigenvalue weighted by atomic mass is 79.9. The van der Waals surface area contributed by atoms with Gasteiger partial charge in [0.15, 0.2) is 17.7 Å². The molecule has 0 spiro atoms. The predicted octanol–water partition coefficient (Wildman–Crippen LogP) is 0.965. The van der Waals surface area contributed by atoms with E-state index in [-0.39, 0.29) is 6.10 Å². The molecule has 0 radical (unpaired) electrons. The summed E-state index contributed by atoms with van der Waals surface area (Å²) in [6.07, 6.45) is 4.00. The van der Waals surface area contributed by atoms with E-state index in [0.29, 0.717) is 23.4 Å². The summed E-state index contributed by atoms with van der Waals surface area (Å²) in [6.45, 7) is 0. The Morgan fingerprint density at radius 3 is 3.11 bits per heavy atom. The third kappa shape index (κ3) is 2.11. The lowest BCUT2D eigenvalue weighted by Gasteiger charge is -2.16. The van der Waals surface area contributed by atoms with Gasteiger partial charge in [0.25, 0.3) is 0 Å². The Bertz CT molecular complexity index is 629. The fourth-order valence-corrected chi connectivity index (χ4v) is 2.53. The number of nitrogens with zero attached hydrogens (tertiary/aromatic N) is 4. The van der Waals surface area contributed by atoms with Crippen molar-refractivity contribution >= 4 is 32.9 Å². The van der Waals surface area contributed by atoms with E-state index < -0.39 is 12.3 Å². The fraction of sp³-hybridized carbons (Fsp3) is 0.364. The van der Waals surface area contributed by atoms with Crippen LogP contribution >= 0.6 is 15.9 Å². The van der Waals surface area contributed by atoms with Gasteiger partial charge >= 0.3 is 0 Å². The number of fused-ring (bicyclic) bond motifs is 1. The number of halogens is 1. The smallest absolute Gasteiger partial charge is 0.167 e. The molecule has 1 aliphatic heterocycles. The summed E-state index contributed by atoms with van der Waals surface area (Å²) in [6, 6.07) is 0. The Labute approximate surface area is 117 Å². The van der Waals surface area contributed by atoms with Crippen molar-refractivity contribution in [2.45, 2.75) is 24.9 Å². The molecule has 0 unspecified atom stereocenters. The summed E-state index contributed by atoms with van der Waals surface area (Å²) >= 11 is 3.20. The summed E-state index contributed by atoms with van der Waals surface area (Å²) in [5.41, 5.74) is 6.80. The first-order chi connectivity index (χ1) is 9.20. The van der Waals surface area contributed by atoms with Crippen molar-refractivity contribution in [1.29, 1.82) is 0 Å². The molecule has 100 valence electrons. The molecule has 1 saturated heterocycles. The molecular formula is C11H12BrN5O2. The summed E-state index contributed by atoms with van der Waals surface area (Å²) in [7, 11) is 0. The fourth-order valence-electron chi connectivity index (χ4n) is 2.19. The predicted molar refractivity (Wildman–Crippen MR) is 72.3 cm³/mol. The van der Waals surface area contributed by atoms with Crippen molar-refractivity contribution in [3.8, 4) is 0 Å². The third-order valence-corrected chi connectivity index (χ3v) is 3.37. The molecule has 0 bridgehead atoms. The molecule has 0 aromatic carbocycles. The summed E-state index contributed by atoms with van der Waals surface area (Å²) in [5, 5.41) is 10.1. The molecule has 0 saturated carbocycles. The Morgan fingerprint density at radius 1 is 1.47 bits per heavy atom. The molecule has 1 fully saturated rings. The Morgan fingerprint density at radius 2 is 2.32 bits per heavy atom. The molecule has 3 rings (SSSR count). The van der Waals surface area contributed by atoms with Gasteiger partial charge in [0.2, 0.25) is 0 Å². The summed E-state index contributed by atoms with van der Waals surface area (Å²) in [5.74, 6) is 0.313. The number of imidazole rings is 1. The maximum Gasteiger partial charge on any atom is 0.167 e. The minimum atomic E-state index is -0.623. The van der Waals surface area contributed by atoms with Gasteiger partial charge in [0, 0.05) is 6.42 Å². The lowest BCUT2D eigenvalue weighted by Crippen LogP contribution is -2.19. The molecule has 2 aromatic rings. The van der Waals surface area contributed by atoms with Crippen LogP contribution in [0, 0.1) is 0 Å². The van der Waals surface area contributed by atoms with Crippen molar-refractivity contribution in [3.63, 3.8) is 0 Å². The average Bonchev–Trinajstić information content (AvgIpc) is 2.94. The van der Waals surface area contributed by atoms with Gasteiger partial charge in [0.05, 0.1) is 12.4 Å². The number of aliphatic hydroxyl groups excluding tert-OH is 1. The highest BCUT2D eigenvalue weighted by Gasteiger charge is 2.35. The van der Waals surface area contributed by atoms with Gasteiger partial charge in [-0.25, -0.2) is 15.0 Å². The zero-order valence-corrected chi connectivity index (χ0v) is 11.4. The van der Waals surface area contributed by atoms with E-state index in [9.17, 15) is 5.11 Å². The molecule has 0 aliphatic carbocycles. The minimum Gasteiger partial charge on any atom is -0.388 e. The van der Waals surface area contributed by atoms with Gasteiger partial charge in [0.1, 0.15) is 17.9 Å². The number of aliphatic hydroxyl groups is 1. The second-order valence-corrected chi connectivity index (χ2v) is 4.80. The molecule has 3 N–H and O–H groups in total. The number of rotatable bonds is 2. The van der Waals surface area contributed by atoms with E-state index in [2.05, 4.69) is 30.9 Å². The zero-order chi connectivity index (χ0) is 13.4. The summed E-state index contributed by atoms with van der Waals surface area (Å²) in [4.78, 5) is 13.9. The number of hydrogen-bond acceptors (Lipinski definition) is 6. The average molecular weight is 326 g/mol. The van der Waals surface area contributed by atoms with Crippen molar-refractivity contribution in [1.82, 2.24) is 19.5 Å². The second-order valence-electron chi connectivity index (χ2n) is 4.27. The monoisotopic (exact) mass is 325 g/mol. The molecule has 19 heavy (non-hydrogen) atoms. The first kappa shape index (κ1) is 12.5. The van der Waals surface area contributed by atoms with Crippen molar-refractivity contribution in [3.05, 3.63) is 23.7 Å². The van der Waals surface area contributed by atoms with Crippen LogP contribution in [0.2, 0.25) is 0 Å². The van der Waals surface area contributed by atoms with Crippen LogP contribution in [0.5, 0.6) is 0 Å². The maximum absolute atomic E-state index is 10.1. The molecule has 3 atom stereocenters. The van der Waals surface area contributed by atoms with Gasteiger partial charge in [-0.2, -0.15) is 0 Å². The second kappa shape index (κ2) is 4.87. The molecule has 1 aliphatic rings. The quantitative estimate of drug-likeness (QED) is 0.853. The van der Waals surface area contributed by atoms with Crippen LogP contribution in [-0.4, -0.2) is 36.8 Å². The standard InChI is InChI=1S/C11H12BrN5O2/c12-2-1-6-3-7(18)11(19-6)17-5-16-8-9(13)14-4-15-10(8)17/h1-2,4-7,11,18H,3H2,(H2,13,14,15)/b2-1+/t6-,7-,11-/m1/s1.